The molecule has 6 heteroatoms. The van der Waals surface area contributed by atoms with Gasteiger partial charge < -0.3 is 10.6 Å². The van der Waals surface area contributed by atoms with E-state index in [4.69, 9.17) is 0 Å². The van der Waals surface area contributed by atoms with Gasteiger partial charge in [-0.25, -0.2) is 0 Å². The smallest absolute Gasteiger partial charge is 0.313 e. The van der Waals surface area contributed by atoms with Crippen LogP contribution in [0.25, 0.3) is 0 Å². The largest absolute Gasteiger partial charge is 0.341 e. The molecule has 1 heterocycles. The zero-order valence-electron chi connectivity index (χ0n) is 14.0. The minimum absolute atomic E-state index is 0.133. The molecular weight excluding hydrogens is 304 g/mol. The van der Waals surface area contributed by atoms with Crippen molar-refractivity contribution in [1.82, 2.24) is 15.1 Å². The maximum atomic E-state index is 12.3. The molecule has 1 aliphatic carbocycles. The van der Waals surface area contributed by atoms with Gasteiger partial charge in [-0.1, -0.05) is 31.2 Å². The van der Waals surface area contributed by atoms with E-state index in [-0.39, 0.29) is 6.04 Å². The quantitative estimate of drug-likeness (QED) is 0.850. The van der Waals surface area contributed by atoms with Crippen LogP contribution in [0.15, 0.2) is 36.7 Å². The van der Waals surface area contributed by atoms with Crippen LogP contribution in [0.3, 0.4) is 0 Å². The Morgan fingerprint density at radius 2 is 2.08 bits per heavy atom. The standard InChI is InChI=1S/C18H22N4O2/c1-3-22-11-14(10-19-22)20-17(23)18(24)21-16-12(2)8-9-13-6-4-5-7-15(13)16/h4-7,10-12,16H,3,8-9H2,1-2H3,(H,20,23)(H,21,24)/t12-,16-/m0/s1. The van der Waals surface area contributed by atoms with Gasteiger partial charge in [0.05, 0.1) is 17.9 Å². The van der Waals surface area contributed by atoms with Gasteiger partial charge in [0.1, 0.15) is 0 Å². The second-order valence-corrected chi connectivity index (χ2v) is 6.20. The minimum atomic E-state index is -0.666. The van der Waals surface area contributed by atoms with Gasteiger partial charge in [-0.3, -0.25) is 14.3 Å². The van der Waals surface area contributed by atoms with Crippen LogP contribution >= 0.6 is 0 Å². The highest BCUT2D eigenvalue weighted by molar-refractivity contribution is 6.39. The number of amides is 2. The lowest BCUT2D eigenvalue weighted by molar-refractivity contribution is -0.136. The van der Waals surface area contributed by atoms with E-state index in [9.17, 15) is 9.59 Å². The second kappa shape index (κ2) is 6.86. The van der Waals surface area contributed by atoms with Gasteiger partial charge in [-0.2, -0.15) is 5.10 Å². The summed E-state index contributed by atoms with van der Waals surface area (Å²) in [4.78, 5) is 24.4. The summed E-state index contributed by atoms with van der Waals surface area (Å²) < 4.78 is 1.69. The summed E-state index contributed by atoms with van der Waals surface area (Å²) in [5.41, 5.74) is 2.87. The molecule has 0 saturated carbocycles. The zero-order valence-corrected chi connectivity index (χ0v) is 14.0. The van der Waals surface area contributed by atoms with Gasteiger partial charge in [0.2, 0.25) is 0 Å². The third-order valence-corrected chi connectivity index (χ3v) is 4.54. The number of carbonyl (C=O) groups is 2. The Bertz CT molecular complexity index is 753. The molecule has 2 aromatic rings. The first kappa shape index (κ1) is 16.2. The third-order valence-electron chi connectivity index (χ3n) is 4.54. The second-order valence-electron chi connectivity index (χ2n) is 6.20. The maximum absolute atomic E-state index is 12.3. The number of aryl methyl sites for hydroxylation is 2. The number of carbonyl (C=O) groups excluding carboxylic acids is 2. The normalized spacial score (nSPS) is 19.4. The number of nitrogens with one attached hydrogen (secondary N) is 2. The van der Waals surface area contributed by atoms with Gasteiger partial charge in [0, 0.05) is 12.7 Å². The number of nitrogens with zero attached hydrogens (tertiary/aromatic N) is 2. The average molecular weight is 326 g/mol. The molecule has 0 spiro atoms. The van der Waals surface area contributed by atoms with Crippen molar-refractivity contribution in [2.24, 2.45) is 5.92 Å². The Kier molecular flexibility index (Phi) is 4.64. The molecule has 126 valence electrons. The number of fused-ring (bicyclic) bond motifs is 1. The lowest BCUT2D eigenvalue weighted by Gasteiger charge is -2.31. The molecule has 0 fully saturated rings. The van der Waals surface area contributed by atoms with Crippen molar-refractivity contribution in [3.8, 4) is 0 Å². The molecule has 1 aliphatic rings. The van der Waals surface area contributed by atoms with Crippen LogP contribution in [0, 0.1) is 5.92 Å². The van der Waals surface area contributed by atoms with Crippen molar-refractivity contribution in [2.75, 3.05) is 5.32 Å². The molecular formula is C18H22N4O2. The molecule has 6 nitrogen and oxygen atoms in total. The molecule has 0 unspecified atom stereocenters. The Hall–Kier alpha value is -2.63. The Morgan fingerprint density at radius 3 is 2.83 bits per heavy atom. The van der Waals surface area contributed by atoms with Crippen LogP contribution in [0.1, 0.15) is 37.4 Å². The monoisotopic (exact) mass is 326 g/mol. The lowest BCUT2D eigenvalue weighted by Crippen LogP contribution is -2.41. The Balaban J connectivity index is 1.68. The third kappa shape index (κ3) is 3.32. The van der Waals surface area contributed by atoms with Gasteiger partial charge >= 0.3 is 11.8 Å². The molecule has 0 aliphatic heterocycles. The van der Waals surface area contributed by atoms with Crippen LogP contribution in [-0.4, -0.2) is 21.6 Å². The van der Waals surface area contributed by atoms with Crippen molar-refractivity contribution < 1.29 is 9.59 Å². The molecule has 1 aromatic heterocycles. The van der Waals surface area contributed by atoms with Crippen LogP contribution in [0.5, 0.6) is 0 Å². The first-order valence-corrected chi connectivity index (χ1v) is 8.30. The van der Waals surface area contributed by atoms with Crippen molar-refractivity contribution in [2.45, 2.75) is 39.3 Å². The maximum Gasteiger partial charge on any atom is 0.313 e. The molecule has 1 aromatic carbocycles. The van der Waals surface area contributed by atoms with Crippen molar-refractivity contribution in [3.05, 3.63) is 47.8 Å². The number of hydrogen-bond donors (Lipinski definition) is 2. The number of benzene rings is 1. The molecule has 2 atom stereocenters. The highest BCUT2D eigenvalue weighted by Crippen LogP contribution is 2.33. The van der Waals surface area contributed by atoms with Crippen molar-refractivity contribution in [3.63, 3.8) is 0 Å². The Labute approximate surface area is 141 Å². The molecule has 2 amide bonds. The summed E-state index contributed by atoms with van der Waals surface area (Å²) in [6.45, 7) is 4.76. The van der Waals surface area contributed by atoms with E-state index in [1.165, 1.54) is 11.8 Å². The van der Waals surface area contributed by atoms with E-state index in [2.05, 4.69) is 28.7 Å². The first-order chi connectivity index (χ1) is 11.6. The van der Waals surface area contributed by atoms with E-state index < -0.39 is 11.8 Å². The predicted octanol–water partition coefficient (Wildman–Crippen LogP) is 2.28. The number of anilines is 1. The van der Waals surface area contributed by atoms with Crippen molar-refractivity contribution in [1.29, 1.82) is 0 Å². The summed E-state index contributed by atoms with van der Waals surface area (Å²) in [6, 6.07) is 7.95. The molecule has 2 N–H and O–H groups in total. The van der Waals surface area contributed by atoms with Gasteiger partial charge in [-0.15, -0.1) is 0 Å². The predicted molar refractivity (Wildman–Crippen MR) is 91.3 cm³/mol. The summed E-state index contributed by atoms with van der Waals surface area (Å²) in [5.74, 6) is -0.992. The summed E-state index contributed by atoms with van der Waals surface area (Å²) in [5, 5.41) is 9.55. The van der Waals surface area contributed by atoms with Gasteiger partial charge in [-0.05, 0) is 36.8 Å². The molecule has 24 heavy (non-hydrogen) atoms. The van der Waals surface area contributed by atoms with Crippen LogP contribution in [0.4, 0.5) is 5.69 Å². The van der Waals surface area contributed by atoms with Gasteiger partial charge in [0.25, 0.3) is 0 Å². The van der Waals surface area contributed by atoms with E-state index in [0.717, 1.165) is 18.4 Å². The molecule has 3 rings (SSSR count). The molecule has 0 saturated heterocycles. The average Bonchev–Trinajstić information content (AvgIpc) is 3.05. The number of aromatic nitrogens is 2. The van der Waals surface area contributed by atoms with E-state index in [0.29, 0.717) is 18.2 Å². The number of rotatable bonds is 3. The lowest BCUT2D eigenvalue weighted by atomic mass is 9.80. The van der Waals surface area contributed by atoms with Gasteiger partial charge in [0.15, 0.2) is 0 Å². The van der Waals surface area contributed by atoms with Crippen molar-refractivity contribution >= 4 is 17.5 Å². The SMILES string of the molecule is CCn1cc(NC(=O)C(=O)N[C@@H]2c3ccccc3CC[C@@H]2C)cn1. The van der Waals surface area contributed by atoms with Crippen LogP contribution in [-0.2, 0) is 22.6 Å². The molecule has 0 radical (unpaired) electrons. The highest BCUT2D eigenvalue weighted by atomic mass is 16.2. The first-order valence-electron chi connectivity index (χ1n) is 8.30. The fourth-order valence-corrected chi connectivity index (χ4v) is 3.14. The Morgan fingerprint density at radius 1 is 1.29 bits per heavy atom. The topological polar surface area (TPSA) is 76.0 Å². The summed E-state index contributed by atoms with van der Waals surface area (Å²) in [7, 11) is 0. The van der Waals surface area contributed by atoms with Crippen LogP contribution < -0.4 is 10.6 Å². The highest BCUT2D eigenvalue weighted by Gasteiger charge is 2.29. The minimum Gasteiger partial charge on any atom is -0.341 e. The molecule has 0 bridgehead atoms. The number of hydrogen-bond acceptors (Lipinski definition) is 3. The van der Waals surface area contributed by atoms with E-state index in [1.54, 1.807) is 10.9 Å². The van der Waals surface area contributed by atoms with Crippen LogP contribution in [0.2, 0.25) is 0 Å². The van der Waals surface area contributed by atoms with E-state index in [1.807, 2.05) is 25.1 Å². The fraction of sp³-hybridized carbons (Fsp3) is 0.389. The zero-order chi connectivity index (χ0) is 17.1. The summed E-state index contributed by atoms with van der Waals surface area (Å²) >= 11 is 0. The summed E-state index contributed by atoms with van der Waals surface area (Å²) in [6.07, 6.45) is 5.23. The fourth-order valence-electron chi connectivity index (χ4n) is 3.14. The van der Waals surface area contributed by atoms with E-state index >= 15 is 0 Å².